The molecule has 0 unspecified atom stereocenters. The third kappa shape index (κ3) is 4.57. The molecule has 0 bridgehead atoms. The molecule has 6 heteroatoms. The maximum atomic E-state index is 12.5. The molecule has 0 saturated carbocycles. The molecular formula is C21H22N2O3S. The number of fused-ring (bicyclic) bond motifs is 1. The number of ketones is 1. The molecule has 1 aliphatic rings. The molecule has 0 aromatic heterocycles. The van der Waals surface area contributed by atoms with E-state index in [0.717, 1.165) is 28.1 Å². The minimum Gasteiger partial charge on any atom is -0.495 e. The van der Waals surface area contributed by atoms with Gasteiger partial charge in [0, 0.05) is 17.0 Å². The van der Waals surface area contributed by atoms with Gasteiger partial charge in [-0.15, -0.1) is 11.8 Å². The Kier molecular flexibility index (Phi) is 5.96. The molecule has 1 aliphatic heterocycles. The van der Waals surface area contributed by atoms with Gasteiger partial charge in [-0.1, -0.05) is 18.2 Å². The number of nitrogens with one attached hydrogen (secondary N) is 1. The average Bonchev–Trinajstić information content (AvgIpc) is 2.61. The number of methoxy groups -OCH3 is 1. The summed E-state index contributed by atoms with van der Waals surface area (Å²) in [5, 5.41) is 2.85. The van der Waals surface area contributed by atoms with Crippen LogP contribution in [0.1, 0.15) is 27.9 Å². The number of Topliss-reactive ketones (excluding diaryl/α,β-unsaturated/α-hetero) is 1. The Hall–Kier alpha value is -2.60. The van der Waals surface area contributed by atoms with Crippen molar-refractivity contribution in [2.45, 2.75) is 20.3 Å². The van der Waals surface area contributed by atoms with Crippen LogP contribution in [-0.2, 0) is 4.79 Å². The van der Waals surface area contributed by atoms with E-state index < -0.39 is 0 Å². The standard InChI is InChI=1S/C21H22N2O3S/c1-13-8-14(2)21-17(9-13)22-15(10-18(21)24)11-27-12-20(25)23-16-6-4-5-7-19(16)26-3/h4-9H,10-12H2,1-3H3,(H,23,25). The fraction of sp³-hybridized carbons (Fsp3) is 0.286. The number of hydrogen-bond acceptors (Lipinski definition) is 5. The van der Waals surface area contributed by atoms with E-state index in [1.165, 1.54) is 11.8 Å². The van der Waals surface area contributed by atoms with Gasteiger partial charge < -0.3 is 10.1 Å². The predicted molar refractivity (Wildman–Crippen MR) is 111 cm³/mol. The summed E-state index contributed by atoms with van der Waals surface area (Å²) in [4.78, 5) is 29.3. The number of rotatable bonds is 6. The summed E-state index contributed by atoms with van der Waals surface area (Å²) >= 11 is 1.45. The molecule has 1 heterocycles. The minimum atomic E-state index is -0.112. The fourth-order valence-corrected chi connectivity index (χ4v) is 3.92. The predicted octanol–water partition coefficient (Wildman–Crippen LogP) is 4.34. The second kappa shape index (κ2) is 8.39. The first kappa shape index (κ1) is 19.2. The maximum absolute atomic E-state index is 12.5. The van der Waals surface area contributed by atoms with Crippen LogP contribution in [-0.4, -0.2) is 36.0 Å². The number of amides is 1. The van der Waals surface area contributed by atoms with Crippen LogP contribution in [0.25, 0.3) is 0 Å². The highest BCUT2D eigenvalue weighted by Crippen LogP contribution is 2.31. The summed E-state index contributed by atoms with van der Waals surface area (Å²) in [6.07, 6.45) is 0.317. The molecule has 27 heavy (non-hydrogen) atoms. The summed E-state index contributed by atoms with van der Waals surface area (Å²) < 4.78 is 5.23. The second-order valence-electron chi connectivity index (χ2n) is 6.50. The molecule has 1 N–H and O–H groups in total. The van der Waals surface area contributed by atoms with E-state index in [1.54, 1.807) is 19.2 Å². The van der Waals surface area contributed by atoms with E-state index >= 15 is 0 Å². The van der Waals surface area contributed by atoms with Crippen LogP contribution in [0, 0.1) is 13.8 Å². The van der Waals surface area contributed by atoms with Crippen molar-refractivity contribution in [2.75, 3.05) is 23.9 Å². The summed E-state index contributed by atoms with van der Waals surface area (Å²) in [5.74, 6) is 1.45. The number of nitrogens with zero attached hydrogens (tertiary/aromatic N) is 1. The minimum absolute atomic E-state index is 0.103. The lowest BCUT2D eigenvalue weighted by Crippen LogP contribution is -2.19. The van der Waals surface area contributed by atoms with Crippen molar-refractivity contribution in [3.05, 3.63) is 53.1 Å². The number of para-hydroxylation sites is 2. The molecule has 0 saturated heterocycles. The third-order valence-electron chi connectivity index (χ3n) is 4.26. The van der Waals surface area contributed by atoms with E-state index in [9.17, 15) is 9.59 Å². The highest BCUT2D eigenvalue weighted by Gasteiger charge is 2.22. The molecule has 5 nitrogen and oxygen atoms in total. The topological polar surface area (TPSA) is 67.8 Å². The second-order valence-corrected chi connectivity index (χ2v) is 7.48. The van der Waals surface area contributed by atoms with Gasteiger partial charge in [-0.3, -0.25) is 14.6 Å². The van der Waals surface area contributed by atoms with Gasteiger partial charge in [-0.25, -0.2) is 0 Å². The smallest absolute Gasteiger partial charge is 0.234 e. The molecule has 0 atom stereocenters. The lowest BCUT2D eigenvalue weighted by molar-refractivity contribution is -0.113. The van der Waals surface area contributed by atoms with Gasteiger partial charge >= 0.3 is 0 Å². The lowest BCUT2D eigenvalue weighted by atomic mass is 9.94. The zero-order chi connectivity index (χ0) is 19.4. The van der Waals surface area contributed by atoms with Gasteiger partial charge in [-0.2, -0.15) is 0 Å². The first-order valence-electron chi connectivity index (χ1n) is 8.69. The van der Waals surface area contributed by atoms with Gasteiger partial charge in [0.2, 0.25) is 5.91 Å². The number of thioether (sulfide) groups is 1. The van der Waals surface area contributed by atoms with E-state index in [4.69, 9.17) is 4.74 Å². The Balaban J connectivity index is 1.60. The molecule has 0 fully saturated rings. The highest BCUT2D eigenvalue weighted by molar-refractivity contribution is 8.00. The van der Waals surface area contributed by atoms with Crippen LogP contribution >= 0.6 is 11.8 Å². The zero-order valence-corrected chi connectivity index (χ0v) is 16.5. The van der Waals surface area contributed by atoms with Gasteiger partial charge in [0.15, 0.2) is 5.78 Å². The number of anilines is 1. The van der Waals surface area contributed by atoms with Crippen LogP contribution in [0.4, 0.5) is 11.4 Å². The first-order chi connectivity index (χ1) is 13.0. The van der Waals surface area contributed by atoms with Crippen LogP contribution in [0.5, 0.6) is 5.75 Å². The number of ether oxygens (including phenoxy) is 1. The van der Waals surface area contributed by atoms with Gasteiger partial charge in [0.05, 0.1) is 30.7 Å². The van der Waals surface area contributed by atoms with Crippen LogP contribution < -0.4 is 10.1 Å². The normalized spacial score (nSPS) is 13.0. The zero-order valence-electron chi connectivity index (χ0n) is 15.7. The number of hydrogen-bond donors (Lipinski definition) is 1. The lowest BCUT2D eigenvalue weighted by Gasteiger charge is -2.17. The van der Waals surface area contributed by atoms with E-state index in [-0.39, 0.29) is 17.4 Å². The Morgan fingerprint density at radius 2 is 2.04 bits per heavy atom. The van der Waals surface area contributed by atoms with E-state index in [2.05, 4.69) is 10.3 Å². The third-order valence-corrected chi connectivity index (χ3v) is 5.27. The van der Waals surface area contributed by atoms with Gasteiger partial charge in [0.25, 0.3) is 0 Å². The molecule has 140 valence electrons. The number of carbonyl (C=O) groups excluding carboxylic acids is 2. The maximum Gasteiger partial charge on any atom is 0.234 e. The van der Waals surface area contributed by atoms with Crippen LogP contribution in [0.15, 0.2) is 41.4 Å². The SMILES string of the molecule is COc1ccccc1NC(=O)CSCC1=Nc2cc(C)cc(C)c2C(=O)C1. The van der Waals surface area contributed by atoms with E-state index in [0.29, 0.717) is 23.6 Å². The Bertz CT molecular complexity index is 922. The van der Waals surface area contributed by atoms with Crippen molar-refractivity contribution in [1.29, 1.82) is 0 Å². The molecular weight excluding hydrogens is 360 g/mol. The monoisotopic (exact) mass is 382 g/mol. The molecule has 3 rings (SSSR count). The Morgan fingerprint density at radius 1 is 1.26 bits per heavy atom. The fourth-order valence-electron chi connectivity index (χ4n) is 3.16. The summed E-state index contributed by atoms with van der Waals surface area (Å²) in [5.41, 5.74) is 5.00. The van der Waals surface area contributed by atoms with Crippen LogP contribution in [0.3, 0.4) is 0 Å². The van der Waals surface area contributed by atoms with Crippen molar-refractivity contribution in [3.8, 4) is 5.75 Å². The number of carbonyl (C=O) groups is 2. The van der Waals surface area contributed by atoms with Crippen molar-refractivity contribution in [1.82, 2.24) is 0 Å². The Morgan fingerprint density at radius 3 is 2.81 bits per heavy atom. The van der Waals surface area contributed by atoms with Gasteiger partial charge in [0.1, 0.15) is 5.75 Å². The largest absolute Gasteiger partial charge is 0.495 e. The van der Waals surface area contributed by atoms with Crippen molar-refractivity contribution < 1.29 is 14.3 Å². The molecule has 2 aromatic carbocycles. The highest BCUT2D eigenvalue weighted by atomic mass is 32.2. The summed E-state index contributed by atoms with van der Waals surface area (Å²) in [6.45, 7) is 3.94. The van der Waals surface area contributed by atoms with Gasteiger partial charge in [-0.05, 0) is 43.2 Å². The number of aliphatic imine (C=N–C) groups is 1. The quantitative estimate of drug-likeness (QED) is 0.807. The summed E-state index contributed by atoms with van der Waals surface area (Å²) in [6, 6.07) is 11.2. The average molecular weight is 382 g/mol. The van der Waals surface area contributed by atoms with Crippen molar-refractivity contribution in [3.63, 3.8) is 0 Å². The van der Waals surface area contributed by atoms with E-state index in [1.807, 2.05) is 38.1 Å². The summed E-state index contributed by atoms with van der Waals surface area (Å²) in [7, 11) is 1.57. The molecule has 1 amide bonds. The van der Waals surface area contributed by atoms with Crippen molar-refractivity contribution >= 4 is 40.5 Å². The molecule has 0 radical (unpaired) electrons. The molecule has 2 aromatic rings. The Labute approximate surface area is 163 Å². The molecule has 0 aliphatic carbocycles. The first-order valence-corrected chi connectivity index (χ1v) is 9.85. The molecule has 0 spiro atoms. The number of aryl methyl sites for hydroxylation is 2. The number of benzene rings is 2. The van der Waals surface area contributed by atoms with Crippen LogP contribution in [0.2, 0.25) is 0 Å². The van der Waals surface area contributed by atoms with Crippen molar-refractivity contribution in [2.24, 2.45) is 4.99 Å².